The summed E-state index contributed by atoms with van der Waals surface area (Å²) in [6.45, 7) is 1.80. The molecular weight excluding hydrogens is 208 g/mol. The Morgan fingerprint density at radius 3 is 3.06 bits per heavy atom. The lowest BCUT2D eigenvalue weighted by Gasteiger charge is -2.06. The van der Waals surface area contributed by atoms with Gasteiger partial charge in [0.2, 0.25) is 0 Å². The maximum absolute atomic E-state index is 11.0. The minimum atomic E-state index is -0.966. The summed E-state index contributed by atoms with van der Waals surface area (Å²) in [5.74, 6) is -1.09. The number of aryl methyl sites for hydroxylation is 1. The normalized spacial score (nSPS) is 12.9. The molecule has 0 aliphatic carbocycles. The van der Waals surface area contributed by atoms with Gasteiger partial charge in [-0.2, -0.15) is 5.10 Å². The van der Waals surface area contributed by atoms with Crippen molar-refractivity contribution in [3.8, 4) is 0 Å². The Morgan fingerprint density at radius 1 is 1.69 bits per heavy atom. The molecule has 1 atom stereocenters. The SMILES string of the molecule is Cc1nc(C(CN)C(=O)O)c2cccnn12. The molecule has 0 spiro atoms. The van der Waals surface area contributed by atoms with Crippen LogP contribution in [-0.4, -0.2) is 32.2 Å². The quantitative estimate of drug-likeness (QED) is 0.768. The average molecular weight is 220 g/mol. The van der Waals surface area contributed by atoms with Gasteiger partial charge in [0.25, 0.3) is 0 Å². The number of carboxylic acid groups (broad SMARTS) is 1. The molecule has 6 heteroatoms. The van der Waals surface area contributed by atoms with Crippen LogP contribution in [0, 0.1) is 6.92 Å². The highest BCUT2D eigenvalue weighted by molar-refractivity contribution is 5.79. The number of rotatable bonds is 3. The molecule has 0 bridgehead atoms. The van der Waals surface area contributed by atoms with E-state index in [4.69, 9.17) is 10.8 Å². The summed E-state index contributed by atoms with van der Waals surface area (Å²) in [5, 5.41) is 13.1. The summed E-state index contributed by atoms with van der Waals surface area (Å²) in [5.41, 5.74) is 6.62. The van der Waals surface area contributed by atoms with Crippen LogP contribution in [-0.2, 0) is 4.79 Å². The molecule has 16 heavy (non-hydrogen) atoms. The molecule has 2 aromatic heterocycles. The Balaban J connectivity index is 2.64. The van der Waals surface area contributed by atoms with E-state index in [2.05, 4.69) is 10.1 Å². The molecule has 0 radical (unpaired) electrons. The van der Waals surface area contributed by atoms with Crippen LogP contribution in [0.4, 0.5) is 0 Å². The number of nitrogens with two attached hydrogens (primary N) is 1. The molecular formula is C10H12N4O2. The van der Waals surface area contributed by atoms with Gasteiger partial charge in [-0.15, -0.1) is 0 Å². The molecule has 84 valence electrons. The first-order valence-electron chi connectivity index (χ1n) is 4.88. The largest absolute Gasteiger partial charge is 0.481 e. The van der Waals surface area contributed by atoms with Crippen LogP contribution < -0.4 is 5.73 Å². The summed E-state index contributed by atoms with van der Waals surface area (Å²) in [6.07, 6.45) is 1.63. The van der Waals surface area contributed by atoms with Gasteiger partial charge >= 0.3 is 5.97 Å². The first kappa shape index (κ1) is 10.6. The smallest absolute Gasteiger partial charge is 0.313 e. The van der Waals surface area contributed by atoms with Crippen LogP contribution in [0.15, 0.2) is 18.3 Å². The molecule has 0 aliphatic heterocycles. The number of aromatic nitrogens is 3. The maximum atomic E-state index is 11.0. The second kappa shape index (κ2) is 3.90. The van der Waals surface area contributed by atoms with Crippen LogP contribution in [0.25, 0.3) is 5.52 Å². The molecule has 2 aromatic rings. The molecule has 0 saturated heterocycles. The highest BCUT2D eigenvalue weighted by atomic mass is 16.4. The summed E-state index contributed by atoms with van der Waals surface area (Å²) in [4.78, 5) is 15.3. The lowest BCUT2D eigenvalue weighted by molar-refractivity contribution is -0.138. The zero-order valence-corrected chi connectivity index (χ0v) is 8.79. The van der Waals surface area contributed by atoms with Gasteiger partial charge in [0.15, 0.2) is 0 Å². The fraction of sp³-hybridized carbons (Fsp3) is 0.300. The van der Waals surface area contributed by atoms with Crippen molar-refractivity contribution >= 4 is 11.5 Å². The molecule has 0 aliphatic rings. The third-order valence-electron chi connectivity index (χ3n) is 2.47. The van der Waals surface area contributed by atoms with E-state index in [1.165, 1.54) is 0 Å². The summed E-state index contributed by atoms with van der Waals surface area (Å²) < 4.78 is 1.61. The average Bonchev–Trinajstić information content (AvgIpc) is 2.58. The predicted molar refractivity (Wildman–Crippen MR) is 57.2 cm³/mol. The monoisotopic (exact) mass is 220 g/mol. The van der Waals surface area contributed by atoms with Crippen LogP contribution in [0.1, 0.15) is 17.4 Å². The number of carbonyl (C=O) groups is 1. The molecule has 2 rings (SSSR count). The third kappa shape index (κ3) is 1.53. The molecule has 0 amide bonds. The van der Waals surface area contributed by atoms with Gasteiger partial charge in [-0.25, -0.2) is 9.50 Å². The highest BCUT2D eigenvalue weighted by Gasteiger charge is 2.24. The topological polar surface area (TPSA) is 93.5 Å². The molecule has 0 fully saturated rings. The first-order valence-corrected chi connectivity index (χ1v) is 4.88. The van der Waals surface area contributed by atoms with Gasteiger partial charge in [0.05, 0.1) is 11.2 Å². The molecule has 2 heterocycles. The lowest BCUT2D eigenvalue weighted by Crippen LogP contribution is -2.21. The van der Waals surface area contributed by atoms with Crippen molar-refractivity contribution in [3.63, 3.8) is 0 Å². The van der Waals surface area contributed by atoms with Crippen molar-refractivity contribution in [1.29, 1.82) is 0 Å². The van der Waals surface area contributed by atoms with Crippen LogP contribution >= 0.6 is 0 Å². The van der Waals surface area contributed by atoms with Crippen molar-refractivity contribution < 1.29 is 9.90 Å². The second-order valence-electron chi connectivity index (χ2n) is 3.49. The van der Waals surface area contributed by atoms with Crippen molar-refractivity contribution in [2.45, 2.75) is 12.8 Å². The first-order chi connectivity index (χ1) is 7.65. The van der Waals surface area contributed by atoms with Crippen LogP contribution in [0.2, 0.25) is 0 Å². The van der Waals surface area contributed by atoms with Crippen molar-refractivity contribution in [2.75, 3.05) is 6.54 Å². The number of hydrogen-bond acceptors (Lipinski definition) is 4. The van der Waals surface area contributed by atoms with E-state index in [1.54, 1.807) is 29.8 Å². The summed E-state index contributed by atoms with van der Waals surface area (Å²) in [7, 11) is 0. The zero-order chi connectivity index (χ0) is 11.7. The van der Waals surface area contributed by atoms with Gasteiger partial charge in [-0.1, -0.05) is 0 Å². The number of nitrogens with zero attached hydrogens (tertiary/aromatic N) is 3. The number of hydrogen-bond donors (Lipinski definition) is 2. The Labute approximate surface area is 91.7 Å². The fourth-order valence-electron chi connectivity index (χ4n) is 1.69. The van der Waals surface area contributed by atoms with Gasteiger partial charge < -0.3 is 10.8 Å². The number of fused-ring (bicyclic) bond motifs is 1. The number of aliphatic carboxylic acids is 1. The fourth-order valence-corrected chi connectivity index (χ4v) is 1.69. The zero-order valence-electron chi connectivity index (χ0n) is 8.79. The van der Waals surface area contributed by atoms with Crippen molar-refractivity contribution in [1.82, 2.24) is 14.6 Å². The molecule has 0 aromatic carbocycles. The summed E-state index contributed by atoms with van der Waals surface area (Å²) in [6, 6.07) is 3.53. The van der Waals surface area contributed by atoms with E-state index in [1.807, 2.05) is 0 Å². The van der Waals surface area contributed by atoms with Crippen molar-refractivity contribution in [2.24, 2.45) is 5.73 Å². The Kier molecular flexibility index (Phi) is 2.57. The second-order valence-corrected chi connectivity index (χ2v) is 3.49. The van der Waals surface area contributed by atoms with Crippen molar-refractivity contribution in [3.05, 3.63) is 29.8 Å². The van der Waals surface area contributed by atoms with Gasteiger partial charge in [-0.3, -0.25) is 4.79 Å². The maximum Gasteiger partial charge on any atom is 0.313 e. The molecule has 0 saturated carbocycles. The number of imidazole rings is 1. The van der Waals surface area contributed by atoms with Crippen LogP contribution in [0.5, 0.6) is 0 Å². The Morgan fingerprint density at radius 2 is 2.44 bits per heavy atom. The standard InChI is InChI=1S/C10H12N4O2/c1-6-13-9(7(5-11)10(15)16)8-3-2-4-12-14(6)8/h2-4,7H,5,11H2,1H3,(H,15,16). The predicted octanol–water partition coefficient (Wildman–Crippen LogP) is 0.165. The minimum Gasteiger partial charge on any atom is -0.481 e. The highest BCUT2D eigenvalue weighted by Crippen LogP contribution is 2.20. The lowest BCUT2D eigenvalue weighted by atomic mass is 10.1. The molecule has 1 unspecified atom stereocenters. The Bertz CT molecular complexity index is 535. The van der Waals surface area contributed by atoms with Gasteiger partial charge in [0.1, 0.15) is 11.7 Å². The molecule has 3 N–H and O–H groups in total. The van der Waals surface area contributed by atoms with E-state index >= 15 is 0 Å². The van der Waals surface area contributed by atoms with Crippen LogP contribution in [0.3, 0.4) is 0 Å². The minimum absolute atomic E-state index is 0.0241. The van der Waals surface area contributed by atoms with E-state index < -0.39 is 11.9 Å². The van der Waals surface area contributed by atoms with Gasteiger partial charge in [-0.05, 0) is 19.1 Å². The molecule has 6 nitrogen and oxygen atoms in total. The Hall–Kier alpha value is -1.95. The third-order valence-corrected chi connectivity index (χ3v) is 2.47. The summed E-state index contributed by atoms with van der Waals surface area (Å²) >= 11 is 0. The number of carboxylic acids is 1. The van der Waals surface area contributed by atoms with E-state index in [9.17, 15) is 4.79 Å². The van der Waals surface area contributed by atoms with E-state index in [0.29, 0.717) is 17.0 Å². The van der Waals surface area contributed by atoms with E-state index in [0.717, 1.165) is 0 Å². The van der Waals surface area contributed by atoms with Gasteiger partial charge in [0, 0.05) is 12.7 Å². The van der Waals surface area contributed by atoms with E-state index in [-0.39, 0.29) is 6.54 Å².